The van der Waals surface area contributed by atoms with Gasteiger partial charge in [0.1, 0.15) is 6.04 Å². The maximum atomic E-state index is 12.5. The van der Waals surface area contributed by atoms with Gasteiger partial charge in [0.25, 0.3) is 5.91 Å². The molecule has 0 aliphatic heterocycles. The molecule has 0 radical (unpaired) electrons. The van der Waals surface area contributed by atoms with E-state index in [9.17, 15) is 4.79 Å². The van der Waals surface area contributed by atoms with Crippen LogP contribution >= 0.6 is 11.3 Å². The third-order valence-electron chi connectivity index (χ3n) is 4.96. The highest BCUT2D eigenvalue weighted by atomic mass is 32.1. The van der Waals surface area contributed by atoms with Crippen LogP contribution < -0.4 is 10.6 Å². The number of quaternary nitrogens is 1. The number of hydrogen-bond acceptors (Lipinski definition) is 2. The summed E-state index contributed by atoms with van der Waals surface area (Å²) in [6.45, 7) is 6.64. The van der Waals surface area contributed by atoms with Crippen molar-refractivity contribution in [3.05, 3.63) is 93.2 Å². The number of carbonyl (C=O) groups excluding carboxylic acids is 1. The number of nitrogens with one attached hydrogen (secondary N) is 1. The molecule has 0 aliphatic carbocycles. The molecule has 3 rings (SSSR count). The van der Waals surface area contributed by atoms with E-state index in [1.54, 1.807) is 11.3 Å². The second-order valence-corrected chi connectivity index (χ2v) is 7.96. The van der Waals surface area contributed by atoms with Crippen molar-refractivity contribution < 1.29 is 10.1 Å². The molecule has 0 bridgehead atoms. The van der Waals surface area contributed by atoms with Gasteiger partial charge in [0.05, 0.1) is 10.9 Å². The smallest absolute Gasteiger partial charge is 0.275 e. The number of aryl methyl sites for hydroxylation is 2. The number of rotatable bonds is 7. The molecular formula is C23H27N2OS+. The Morgan fingerprint density at radius 1 is 1.00 bits per heavy atom. The predicted octanol–water partition coefficient (Wildman–Crippen LogP) is 3.90. The lowest BCUT2D eigenvalue weighted by atomic mass is 10.0. The standard InChI is InChI=1S/C23H26N2OS/c1-16-11-12-20(14-17(16)2)18(3)25-22(26)15-24-23(21-10-7-13-27-21)19-8-5-4-6-9-19/h4-14,18,23-24H,15H2,1-3H3,(H,25,26)/p+1/t18-,23+/m0/s1. The van der Waals surface area contributed by atoms with Crippen LogP contribution in [0.3, 0.4) is 0 Å². The molecule has 1 aromatic heterocycles. The number of benzene rings is 2. The molecule has 2 atom stereocenters. The SMILES string of the molecule is Cc1ccc([C@H](C)NC(=O)C[NH2+][C@H](c2ccccc2)c2cccs2)cc1C. The van der Waals surface area contributed by atoms with Crippen LogP contribution in [0.4, 0.5) is 0 Å². The molecule has 0 saturated heterocycles. The fraction of sp³-hybridized carbons (Fsp3) is 0.261. The molecule has 0 aliphatic rings. The first-order valence-corrected chi connectivity index (χ1v) is 10.2. The monoisotopic (exact) mass is 379 g/mol. The molecule has 3 N–H and O–H groups in total. The summed E-state index contributed by atoms with van der Waals surface area (Å²) in [6.07, 6.45) is 0. The van der Waals surface area contributed by atoms with E-state index in [1.807, 2.05) is 25.1 Å². The fourth-order valence-electron chi connectivity index (χ4n) is 3.19. The van der Waals surface area contributed by atoms with E-state index in [0.717, 1.165) is 5.56 Å². The summed E-state index contributed by atoms with van der Waals surface area (Å²) in [6, 6.07) is 21.1. The summed E-state index contributed by atoms with van der Waals surface area (Å²) in [5.41, 5.74) is 4.88. The minimum Gasteiger partial charge on any atom is -0.345 e. The Kier molecular flexibility index (Phi) is 6.43. The highest BCUT2D eigenvalue weighted by Gasteiger charge is 2.20. The van der Waals surface area contributed by atoms with Crippen molar-refractivity contribution >= 4 is 17.2 Å². The van der Waals surface area contributed by atoms with Gasteiger partial charge >= 0.3 is 0 Å². The van der Waals surface area contributed by atoms with Gasteiger partial charge in [-0.25, -0.2) is 0 Å². The van der Waals surface area contributed by atoms with E-state index in [4.69, 9.17) is 0 Å². The maximum absolute atomic E-state index is 12.5. The minimum absolute atomic E-state index is 0.00196. The lowest BCUT2D eigenvalue weighted by Crippen LogP contribution is -2.87. The van der Waals surface area contributed by atoms with Crippen molar-refractivity contribution in [1.29, 1.82) is 0 Å². The Labute approximate surface area is 165 Å². The summed E-state index contributed by atoms with van der Waals surface area (Å²) in [4.78, 5) is 13.8. The molecule has 1 amide bonds. The fourth-order valence-corrected chi connectivity index (χ4v) is 4.04. The van der Waals surface area contributed by atoms with Gasteiger partial charge in [0.2, 0.25) is 0 Å². The van der Waals surface area contributed by atoms with Crippen LogP contribution in [0.2, 0.25) is 0 Å². The number of hydrogen-bond donors (Lipinski definition) is 2. The third-order valence-corrected chi connectivity index (χ3v) is 5.91. The van der Waals surface area contributed by atoms with Gasteiger partial charge in [0.15, 0.2) is 6.54 Å². The van der Waals surface area contributed by atoms with E-state index < -0.39 is 0 Å². The zero-order valence-corrected chi connectivity index (χ0v) is 16.9. The Morgan fingerprint density at radius 2 is 1.78 bits per heavy atom. The van der Waals surface area contributed by atoms with Crippen molar-refractivity contribution in [2.24, 2.45) is 0 Å². The van der Waals surface area contributed by atoms with E-state index in [0.29, 0.717) is 6.54 Å². The molecule has 1 heterocycles. The summed E-state index contributed by atoms with van der Waals surface area (Å²) in [5, 5.41) is 7.33. The zero-order valence-electron chi connectivity index (χ0n) is 16.1. The molecular weight excluding hydrogens is 352 g/mol. The average Bonchev–Trinajstić information content (AvgIpc) is 3.19. The minimum atomic E-state index is 0.00196. The largest absolute Gasteiger partial charge is 0.345 e. The van der Waals surface area contributed by atoms with Crippen LogP contribution in [0, 0.1) is 13.8 Å². The average molecular weight is 380 g/mol. The molecule has 0 saturated carbocycles. The first kappa shape index (κ1) is 19.3. The lowest BCUT2D eigenvalue weighted by Gasteiger charge is -2.18. The summed E-state index contributed by atoms with van der Waals surface area (Å²) < 4.78 is 0. The van der Waals surface area contributed by atoms with Gasteiger partial charge in [0, 0.05) is 5.56 Å². The number of amides is 1. The van der Waals surface area contributed by atoms with Crippen molar-refractivity contribution in [3.8, 4) is 0 Å². The summed E-state index contributed by atoms with van der Waals surface area (Å²) >= 11 is 1.73. The van der Waals surface area contributed by atoms with E-state index in [1.165, 1.54) is 21.6 Å². The van der Waals surface area contributed by atoms with Crippen LogP contribution in [0.15, 0.2) is 66.0 Å². The summed E-state index contributed by atoms with van der Waals surface area (Å²) in [5.74, 6) is 0.0539. The number of carbonyl (C=O) groups is 1. The highest BCUT2D eigenvalue weighted by molar-refractivity contribution is 7.10. The van der Waals surface area contributed by atoms with Gasteiger partial charge in [-0.15, -0.1) is 11.3 Å². The molecule has 0 fully saturated rings. The summed E-state index contributed by atoms with van der Waals surface area (Å²) in [7, 11) is 0. The van der Waals surface area contributed by atoms with Crippen molar-refractivity contribution in [2.75, 3.05) is 6.54 Å². The third kappa shape index (κ3) is 5.06. The molecule has 3 aromatic rings. The normalized spacial score (nSPS) is 13.1. The zero-order chi connectivity index (χ0) is 19.2. The van der Waals surface area contributed by atoms with Crippen LogP contribution in [0.25, 0.3) is 0 Å². The molecule has 2 aromatic carbocycles. The number of thiophene rings is 1. The van der Waals surface area contributed by atoms with Crippen LogP contribution in [0.1, 0.15) is 46.1 Å². The predicted molar refractivity (Wildman–Crippen MR) is 112 cm³/mol. The van der Waals surface area contributed by atoms with E-state index >= 15 is 0 Å². The molecule has 0 spiro atoms. The second-order valence-electron chi connectivity index (χ2n) is 6.98. The molecule has 27 heavy (non-hydrogen) atoms. The van der Waals surface area contributed by atoms with E-state index in [-0.39, 0.29) is 18.0 Å². The first-order valence-electron chi connectivity index (χ1n) is 9.33. The number of nitrogens with two attached hydrogens (primary N) is 1. The molecule has 0 unspecified atom stereocenters. The molecule has 3 nitrogen and oxygen atoms in total. The van der Waals surface area contributed by atoms with Gasteiger partial charge in [-0.05, 0) is 48.9 Å². The van der Waals surface area contributed by atoms with Gasteiger partial charge in [-0.3, -0.25) is 4.79 Å². The van der Waals surface area contributed by atoms with Crippen molar-refractivity contribution in [1.82, 2.24) is 5.32 Å². The van der Waals surface area contributed by atoms with Crippen molar-refractivity contribution in [3.63, 3.8) is 0 Å². The Balaban J connectivity index is 1.63. The Hall–Kier alpha value is -2.43. The van der Waals surface area contributed by atoms with Gasteiger partial charge in [-0.1, -0.05) is 54.6 Å². The van der Waals surface area contributed by atoms with Crippen LogP contribution in [-0.2, 0) is 4.79 Å². The van der Waals surface area contributed by atoms with Crippen molar-refractivity contribution in [2.45, 2.75) is 32.9 Å². The Morgan fingerprint density at radius 3 is 2.44 bits per heavy atom. The highest BCUT2D eigenvalue weighted by Crippen LogP contribution is 2.22. The quantitative estimate of drug-likeness (QED) is 0.643. The first-order chi connectivity index (χ1) is 13.0. The van der Waals surface area contributed by atoms with Gasteiger partial charge in [-0.2, -0.15) is 0 Å². The van der Waals surface area contributed by atoms with Crippen LogP contribution in [-0.4, -0.2) is 12.5 Å². The molecule has 140 valence electrons. The second kappa shape index (κ2) is 8.98. The lowest BCUT2D eigenvalue weighted by molar-refractivity contribution is -0.676. The van der Waals surface area contributed by atoms with E-state index in [2.05, 4.69) is 72.3 Å². The topological polar surface area (TPSA) is 45.7 Å². The molecule has 4 heteroatoms. The van der Waals surface area contributed by atoms with Crippen LogP contribution in [0.5, 0.6) is 0 Å². The maximum Gasteiger partial charge on any atom is 0.275 e. The Bertz CT molecular complexity index is 875. The van der Waals surface area contributed by atoms with Gasteiger partial charge < -0.3 is 10.6 Å².